The number of carbonyl (C=O) groups is 1. The second kappa shape index (κ2) is 4.78. The number of nitrogens with one attached hydrogen (secondary N) is 1. The maximum absolute atomic E-state index is 13.1. The number of halogens is 1. The minimum absolute atomic E-state index is 0.147. The molecule has 0 atom stereocenters. The monoisotopic (exact) mass is 273 g/mol. The second-order valence-electron chi connectivity index (χ2n) is 5.05. The first-order chi connectivity index (χ1) is 8.03. The van der Waals surface area contributed by atoms with Gasteiger partial charge in [0.15, 0.2) is 5.78 Å². The summed E-state index contributed by atoms with van der Waals surface area (Å²) < 4.78 is 39.7. The quantitative estimate of drug-likeness (QED) is 0.858. The van der Waals surface area contributed by atoms with Gasteiger partial charge in [-0.3, -0.25) is 4.79 Å². The average Bonchev–Trinajstić information content (AvgIpc) is 2.12. The van der Waals surface area contributed by atoms with Crippen LogP contribution in [-0.2, 0) is 10.0 Å². The summed E-state index contributed by atoms with van der Waals surface area (Å²) in [4.78, 5) is 11.2. The van der Waals surface area contributed by atoms with E-state index in [-0.39, 0.29) is 10.5 Å². The van der Waals surface area contributed by atoms with Crippen molar-refractivity contribution >= 4 is 15.8 Å². The third-order valence-corrected chi connectivity index (χ3v) is 3.87. The lowest BCUT2D eigenvalue weighted by Gasteiger charge is -2.21. The summed E-state index contributed by atoms with van der Waals surface area (Å²) in [6.45, 7) is 6.25. The van der Waals surface area contributed by atoms with Gasteiger partial charge in [-0.1, -0.05) is 0 Å². The van der Waals surface area contributed by atoms with E-state index in [0.717, 1.165) is 18.2 Å². The Kier molecular flexibility index (Phi) is 3.92. The normalized spacial score (nSPS) is 12.5. The van der Waals surface area contributed by atoms with Crippen LogP contribution in [0.25, 0.3) is 0 Å². The molecule has 1 rings (SSSR count). The number of sulfonamides is 1. The SMILES string of the molecule is CC(=O)c1cc(F)ccc1S(=O)(=O)NC(C)(C)C. The van der Waals surface area contributed by atoms with Crippen LogP contribution in [-0.4, -0.2) is 19.7 Å². The first-order valence-electron chi connectivity index (χ1n) is 5.37. The van der Waals surface area contributed by atoms with Gasteiger partial charge in [0, 0.05) is 11.1 Å². The molecule has 18 heavy (non-hydrogen) atoms. The van der Waals surface area contributed by atoms with Gasteiger partial charge in [-0.2, -0.15) is 0 Å². The smallest absolute Gasteiger partial charge is 0.241 e. The van der Waals surface area contributed by atoms with E-state index in [1.54, 1.807) is 20.8 Å². The van der Waals surface area contributed by atoms with Gasteiger partial charge in [0.05, 0.1) is 4.90 Å². The second-order valence-corrected chi connectivity index (χ2v) is 6.70. The van der Waals surface area contributed by atoms with Crippen LogP contribution in [0.1, 0.15) is 38.1 Å². The van der Waals surface area contributed by atoms with E-state index >= 15 is 0 Å². The van der Waals surface area contributed by atoms with Crippen molar-refractivity contribution in [3.63, 3.8) is 0 Å². The fraction of sp³-hybridized carbons (Fsp3) is 0.417. The van der Waals surface area contributed by atoms with E-state index in [9.17, 15) is 17.6 Å². The molecule has 6 heteroatoms. The molecule has 1 aromatic rings. The van der Waals surface area contributed by atoms with Crippen LogP contribution in [0, 0.1) is 5.82 Å². The predicted molar refractivity (Wildman–Crippen MR) is 66.5 cm³/mol. The van der Waals surface area contributed by atoms with Gasteiger partial charge in [0.1, 0.15) is 5.82 Å². The summed E-state index contributed by atoms with van der Waals surface area (Å²) in [5.41, 5.74) is -0.826. The fourth-order valence-electron chi connectivity index (χ4n) is 1.47. The van der Waals surface area contributed by atoms with E-state index in [0.29, 0.717) is 0 Å². The molecule has 0 fully saturated rings. The molecule has 0 aliphatic carbocycles. The van der Waals surface area contributed by atoms with Crippen LogP contribution in [0.4, 0.5) is 4.39 Å². The van der Waals surface area contributed by atoms with Crippen molar-refractivity contribution in [1.82, 2.24) is 4.72 Å². The number of benzene rings is 1. The van der Waals surface area contributed by atoms with Crippen molar-refractivity contribution in [2.24, 2.45) is 0 Å². The maximum atomic E-state index is 13.1. The highest BCUT2D eigenvalue weighted by molar-refractivity contribution is 7.89. The molecule has 0 spiro atoms. The first-order valence-corrected chi connectivity index (χ1v) is 6.86. The minimum Gasteiger partial charge on any atom is -0.294 e. The molecule has 0 unspecified atom stereocenters. The van der Waals surface area contributed by atoms with Gasteiger partial charge in [0.25, 0.3) is 0 Å². The Hall–Kier alpha value is -1.27. The zero-order valence-corrected chi connectivity index (χ0v) is 11.6. The summed E-state index contributed by atoms with van der Waals surface area (Å²) in [5, 5.41) is 0. The molecule has 0 radical (unpaired) electrons. The van der Waals surface area contributed by atoms with Crippen molar-refractivity contribution in [3.8, 4) is 0 Å². The summed E-state index contributed by atoms with van der Waals surface area (Å²) in [6.07, 6.45) is 0. The highest BCUT2D eigenvalue weighted by atomic mass is 32.2. The van der Waals surface area contributed by atoms with Crippen LogP contribution >= 0.6 is 0 Å². The molecule has 0 amide bonds. The van der Waals surface area contributed by atoms with E-state index < -0.39 is 27.2 Å². The summed E-state index contributed by atoms with van der Waals surface area (Å²) >= 11 is 0. The molecule has 100 valence electrons. The van der Waals surface area contributed by atoms with Crippen molar-refractivity contribution in [1.29, 1.82) is 0 Å². The van der Waals surface area contributed by atoms with Gasteiger partial charge in [0.2, 0.25) is 10.0 Å². The van der Waals surface area contributed by atoms with E-state index in [1.165, 1.54) is 6.92 Å². The van der Waals surface area contributed by atoms with E-state index in [1.807, 2.05) is 0 Å². The highest BCUT2D eigenvalue weighted by Crippen LogP contribution is 2.19. The third-order valence-electron chi connectivity index (χ3n) is 2.05. The van der Waals surface area contributed by atoms with Crippen molar-refractivity contribution in [2.75, 3.05) is 0 Å². The van der Waals surface area contributed by atoms with Crippen LogP contribution in [0.5, 0.6) is 0 Å². The molecule has 0 saturated carbocycles. The highest BCUT2D eigenvalue weighted by Gasteiger charge is 2.25. The Bertz CT molecular complexity index is 573. The molecule has 1 N–H and O–H groups in total. The largest absolute Gasteiger partial charge is 0.294 e. The zero-order valence-electron chi connectivity index (χ0n) is 10.7. The summed E-state index contributed by atoms with van der Waals surface area (Å²) in [5.74, 6) is -1.14. The molecular formula is C12H16FNO3S. The van der Waals surface area contributed by atoms with Crippen molar-refractivity contribution in [2.45, 2.75) is 38.1 Å². The van der Waals surface area contributed by atoms with E-state index in [4.69, 9.17) is 0 Å². The van der Waals surface area contributed by atoms with Gasteiger partial charge in [-0.15, -0.1) is 0 Å². The molecule has 4 nitrogen and oxygen atoms in total. The Balaban J connectivity index is 3.37. The molecular weight excluding hydrogens is 257 g/mol. The predicted octanol–water partition coefficient (Wildman–Crippen LogP) is 2.11. The number of hydrogen-bond donors (Lipinski definition) is 1. The Morgan fingerprint density at radius 1 is 1.28 bits per heavy atom. The lowest BCUT2D eigenvalue weighted by molar-refractivity contribution is 0.101. The topological polar surface area (TPSA) is 63.2 Å². The van der Waals surface area contributed by atoms with Crippen molar-refractivity contribution < 1.29 is 17.6 Å². The van der Waals surface area contributed by atoms with Crippen LogP contribution in [0.2, 0.25) is 0 Å². The molecule has 0 saturated heterocycles. The van der Waals surface area contributed by atoms with Gasteiger partial charge in [-0.25, -0.2) is 17.5 Å². The van der Waals surface area contributed by atoms with Crippen molar-refractivity contribution in [3.05, 3.63) is 29.6 Å². The third kappa shape index (κ3) is 3.61. The lowest BCUT2D eigenvalue weighted by Crippen LogP contribution is -2.41. The van der Waals surface area contributed by atoms with Gasteiger partial charge < -0.3 is 0 Å². The number of Topliss-reactive ketones (excluding diaryl/α,β-unsaturated/α-hetero) is 1. The fourth-order valence-corrected chi connectivity index (χ4v) is 3.13. The standard InChI is InChI=1S/C12H16FNO3S/c1-8(15)10-7-9(13)5-6-11(10)18(16,17)14-12(2,3)4/h5-7,14H,1-4H3. The Labute approximate surface area is 106 Å². The van der Waals surface area contributed by atoms with Gasteiger partial charge >= 0.3 is 0 Å². The zero-order chi connectivity index (χ0) is 14.1. The van der Waals surface area contributed by atoms with Crippen LogP contribution < -0.4 is 4.72 Å². The molecule has 0 aromatic heterocycles. The first kappa shape index (κ1) is 14.8. The molecule has 1 aromatic carbocycles. The molecule has 0 aliphatic rings. The number of carbonyl (C=O) groups excluding carboxylic acids is 1. The molecule has 0 aliphatic heterocycles. The minimum atomic E-state index is -3.85. The number of ketones is 1. The maximum Gasteiger partial charge on any atom is 0.241 e. The molecule has 0 heterocycles. The average molecular weight is 273 g/mol. The molecule has 0 bridgehead atoms. The lowest BCUT2D eigenvalue weighted by atomic mass is 10.1. The Morgan fingerprint density at radius 2 is 1.83 bits per heavy atom. The van der Waals surface area contributed by atoms with E-state index in [2.05, 4.69) is 4.72 Å². The van der Waals surface area contributed by atoms with Crippen LogP contribution in [0.15, 0.2) is 23.1 Å². The number of hydrogen-bond acceptors (Lipinski definition) is 3. The van der Waals surface area contributed by atoms with Gasteiger partial charge in [-0.05, 0) is 45.9 Å². The summed E-state index contributed by atoms with van der Waals surface area (Å²) in [6, 6.07) is 3.04. The Morgan fingerprint density at radius 3 is 2.28 bits per heavy atom. The number of rotatable bonds is 3. The van der Waals surface area contributed by atoms with Crippen LogP contribution in [0.3, 0.4) is 0 Å². The summed E-state index contributed by atoms with van der Waals surface area (Å²) in [7, 11) is -3.85.